The van der Waals surface area contributed by atoms with Crippen LogP contribution in [0.3, 0.4) is 0 Å². The molecule has 0 aromatic carbocycles. The minimum absolute atomic E-state index is 0.667. The molecule has 13 heavy (non-hydrogen) atoms. The van der Waals surface area contributed by atoms with Gasteiger partial charge in [0.1, 0.15) is 6.29 Å². The lowest BCUT2D eigenvalue weighted by Crippen LogP contribution is -2.01. The third-order valence-electron chi connectivity index (χ3n) is 2.39. The van der Waals surface area contributed by atoms with Crippen molar-refractivity contribution in [3.63, 3.8) is 0 Å². The minimum Gasteiger partial charge on any atom is -0.303 e. The van der Waals surface area contributed by atoms with Gasteiger partial charge in [0.15, 0.2) is 0 Å². The molecule has 1 unspecified atom stereocenters. The number of rotatable bonds is 9. The lowest BCUT2D eigenvalue weighted by atomic mass is 9.94. The Kier molecular flexibility index (Phi) is 10.8. The molecule has 0 aromatic rings. The summed E-state index contributed by atoms with van der Waals surface area (Å²) in [6.07, 6.45) is 9.50. The van der Waals surface area contributed by atoms with Gasteiger partial charge in [-0.25, -0.2) is 0 Å². The SMILES string of the molecule is CCCCC(CC=O)CCCCI. The fraction of sp³-hybridized carbons (Fsp3) is 0.909. The monoisotopic (exact) mass is 296 g/mol. The molecule has 2 heteroatoms. The Labute approximate surface area is 95.8 Å². The molecule has 1 atom stereocenters. The van der Waals surface area contributed by atoms with E-state index in [1.807, 2.05) is 0 Å². The first-order chi connectivity index (χ1) is 6.35. The van der Waals surface area contributed by atoms with Gasteiger partial charge in [-0.3, -0.25) is 0 Å². The van der Waals surface area contributed by atoms with Crippen LogP contribution in [-0.4, -0.2) is 10.7 Å². The zero-order valence-electron chi connectivity index (χ0n) is 8.60. The van der Waals surface area contributed by atoms with Crippen molar-refractivity contribution >= 4 is 28.9 Å². The third kappa shape index (κ3) is 8.72. The van der Waals surface area contributed by atoms with Crippen molar-refractivity contribution in [1.29, 1.82) is 0 Å². The molecule has 0 aliphatic carbocycles. The summed E-state index contributed by atoms with van der Waals surface area (Å²) >= 11 is 2.41. The van der Waals surface area contributed by atoms with Gasteiger partial charge in [0.25, 0.3) is 0 Å². The first-order valence-electron chi connectivity index (χ1n) is 5.34. The average molecular weight is 296 g/mol. The molecule has 1 nitrogen and oxygen atoms in total. The first-order valence-corrected chi connectivity index (χ1v) is 6.87. The zero-order valence-corrected chi connectivity index (χ0v) is 10.8. The number of alkyl halides is 1. The van der Waals surface area contributed by atoms with Crippen LogP contribution in [0, 0.1) is 5.92 Å². The standard InChI is InChI=1S/C11H21IO/c1-2-3-6-11(8-10-13)7-4-5-9-12/h10-11H,2-9H2,1H3. The molecule has 0 aliphatic heterocycles. The third-order valence-corrected chi connectivity index (χ3v) is 3.15. The largest absolute Gasteiger partial charge is 0.303 e. The number of hydrogen-bond donors (Lipinski definition) is 0. The minimum atomic E-state index is 0.667. The Morgan fingerprint density at radius 1 is 1.23 bits per heavy atom. The van der Waals surface area contributed by atoms with E-state index in [0.717, 1.165) is 12.7 Å². The van der Waals surface area contributed by atoms with Crippen LogP contribution in [0.15, 0.2) is 0 Å². The molecule has 0 aromatic heterocycles. The van der Waals surface area contributed by atoms with E-state index < -0.39 is 0 Å². The highest BCUT2D eigenvalue weighted by molar-refractivity contribution is 14.1. The molecule has 0 aliphatic rings. The molecule has 0 saturated carbocycles. The number of aldehydes is 1. The van der Waals surface area contributed by atoms with Gasteiger partial charge < -0.3 is 4.79 Å². The Morgan fingerprint density at radius 2 is 1.92 bits per heavy atom. The lowest BCUT2D eigenvalue weighted by Gasteiger charge is -2.12. The van der Waals surface area contributed by atoms with Gasteiger partial charge in [-0.2, -0.15) is 0 Å². The summed E-state index contributed by atoms with van der Waals surface area (Å²) in [6, 6.07) is 0. The van der Waals surface area contributed by atoms with Crippen LogP contribution in [0.2, 0.25) is 0 Å². The quantitative estimate of drug-likeness (QED) is 0.272. The van der Waals surface area contributed by atoms with E-state index in [1.165, 1.54) is 43.0 Å². The fourth-order valence-electron chi connectivity index (χ4n) is 1.54. The zero-order chi connectivity index (χ0) is 9.94. The molecular weight excluding hydrogens is 275 g/mol. The van der Waals surface area contributed by atoms with E-state index in [4.69, 9.17) is 0 Å². The van der Waals surface area contributed by atoms with Crippen LogP contribution in [-0.2, 0) is 4.79 Å². The van der Waals surface area contributed by atoms with Gasteiger partial charge in [0, 0.05) is 6.42 Å². The Hall–Kier alpha value is 0.400. The van der Waals surface area contributed by atoms with Gasteiger partial charge in [-0.1, -0.05) is 61.6 Å². The summed E-state index contributed by atoms with van der Waals surface area (Å²) in [5.74, 6) is 0.667. The lowest BCUT2D eigenvalue weighted by molar-refractivity contribution is -0.108. The van der Waals surface area contributed by atoms with E-state index in [9.17, 15) is 4.79 Å². The second-order valence-electron chi connectivity index (χ2n) is 3.60. The summed E-state index contributed by atoms with van der Waals surface area (Å²) in [6.45, 7) is 2.21. The Bertz CT molecular complexity index is 115. The predicted molar refractivity (Wildman–Crippen MR) is 66.4 cm³/mol. The average Bonchev–Trinajstić information content (AvgIpc) is 2.14. The van der Waals surface area contributed by atoms with E-state index in [1.54, 1.807) is 0 Å². The predicted octanol–water partition coefficient (Wildman–Crippen LogP) is 3.99. The number of carbonyl (C=O) groups is 1. The number of halogens is 1. The van der Waals surface area contributed by atoms with Crippen LogP contribution in [0.5, 0.6) is 0 Å². The van der Waals surface area contributed by atoms with Crippen molar-refractivity contribution in [1.82, 2.24) is 0 Å². The first kappa shape index (κ1) is 13.4. The molecule has 0 bridgehead atoms. The van der Waals surface area contributed by atoms with Crippen LogP contribution >= 0.6 is 22.6 Å². The molecule has 78 valence electrons. The van der Waals surface area contributed by atoms with Crippen molar-refractivity contribution < 1.29 is 4.79 Å². The molecule has 0 fully saturated rings. The van der Waals surface area contributed by atoms with Crippen molar-refractivity contribution in [3.05, 3.63) is 0 Å². The van der Waals surface area contributed by atoms with Crippen molar-refractivity contribution in [2.24, 2.45) is 5.92 Å². The van der Waals surface area contributed by atoms with Gasteiger partial charge >= 0.3 is 0 Å². The summed E-state index contributed by atoms with van der Waals surface area (Å²) in [4.78, 5) is 10.4. The summed E-state index contributed by atoms with van der Waals surface area (Å²) in [5.41, 5.74) is 0. The highest BCUT2D eigenvalue weighted by Gasteiger charge is 2.06. The maximum atomic E-state index is 10.4. The van der Waals surface area contributed by atoms with Crippen LogP contribution in [0.4, 0.5) is 0 Å². The normalized spacial score (nSPS) is 12.8. The maximum Gasteiger partial charge on any atom is 0.120 e. The molecule has 0 spiro atoms. The molecule has 0 radical (unpaired) electrons. The second-order valence-corrected chi connectivity index (χ2v) is 4.67. The number of carbonyl (C=O) groups excluding carboxylic acids is 1. The highest BCUT2D eigenvalue weighted by atomic mass is 127. The molecule has 0 amide bonds. The van der Waals surface area contributed by atoms with Crippen molar-refractivity contribution in [2.45, 2.75) is 51.9 Å². The fourth-order valence-corrected chi connectivity index (χ4v) is 2.08. The summed E-state index contributed by atoms with van der Waals surface area (Å²) < 4.78 is 1.25. The number of hydrogen-bond acceptors (Lipinski definition) is 1. The van der Waals surface area contributed by atoms with E-state index >= 15 is 0 Å². The second kappa shape index (κ2) is 10.5. The molecular formula is C11H21IO. The highest BCUT2D eigenvalue weighted by Crippen LogP contribution is 2.18. The summed E-state index contributed by atoms with van der Waals surface area (Å²) in [7, 11) is 0. The molecule has 0 saturated heterocycles. The Morgan fingerprint density at radius 3 is 2.46 bits per heavy atom. The van der Waals surface area contributed by atoms with Gasteiger partial charge in [0.2, 0.25) is 0 Å². The van der Waals surface area contributed by atoms with Gasteiger partial charge in [0.05, 0.1) is 0 Å². The van der Waals surface area contributed by atoms with E-state index in [2.05, 4.69) is 29.5 Å². The van der Waals surface area contributed by atoms with Crippen molar-refractivity contribution in [2.75, 3.05) is 4.43 Å². The van der Waals surface area contributed by atoms with E-state index in [0.29, 0.717) is 5.92 Å². The van der Waals surface area contributed by atoms with Crippen LogP contribution in [0.1, 0.15) is 51.9 Å². The van der Waals surface area contributed by atoms with Gasteiger partial charge in [-0.05, 0) is 16.8 Å². The molecule has 0 rings (SSSR count). The molecule has 0 heterocycles. The number of unbranched alkanes of at least 4 members (excludes halogenated alkanes) is 2. The smallest absolute Gasteiger partial charge is 0.120 e. The van der Waals surface area contributed by atoms with Gasteiger partial charge in [-0.15, -0.1) is 0 Å². The maximum absolute atomic E-state index is 10.4. The van der Waals surface area contributed by atoms with Crippen LogP contribution < -0.4 is 0 Å². The Balaban J connectivity index is 3.47. The topological polar surface area (TPSA) is 17.1 Å². The van der Waals surface area contributed by atoms with Crippen molar-refractivity contribution in [3.8, 4) is 0 Å². The molecule has 0 N–H and O–H groups in total. The summed E-state index contributed by atoms with van der Waals surface area (Å²) in [5, 5.41) is 0. The van der Waals surface area contributed by atoms with E-state index in [-0.39, 0.29) is 0 Å². The van der Waals surface area contributed by atoms with Crippen LogP contribution in [0.25, 0.3) is 0 Å².